The van der Waals surface area contributed by atoms with Crippen LogP contribution in [0.4, 0.5) is 0 Å². The molecule has 0 bridgehead atoms. The van der Waals surface area contributed by atoms with Crippen LogP contribution >= 0.6 is 0 Å². The van der Waals surface area contributed by atoms with Crippen molar-refractivity contribution in [2.75, 3.05) is 13.2 Å². The SMILES string of the molecule is CCOC(C)Oc1ccc([S+](c2ccccc2)c2ccc(OC(C)OCC)cc2)cc1. The lowest BCUT2D eigenvalue weighted by atomic mass is 10.3. The van der Waals surface area contributed by atoms with Crippen molar-refractivity contribution < 1.29 is 18.9 Å². The highest BCUT2D eigenvalue weighted by atomic mass is 32.2. The molecule has 0 saturated carbocycles. The number of hydrogen-bond acceptors (Lipinski definition) is 4. The molecule has 164 valence electrons. The summed E-state index contributed by atoms with van der Waals surface area (Å²) in [7, 11) is -0.237. The first-order chi connectivity index (χ1) is 15.1. The normalized spacial score (nSPS) is 13.9. The second-order valence-corrected chi connectivity index (χ2v) is 8.87. The van der Waals surface area contributed by atoms with Crippen LogP contribution in [0, 0.1) is 0 Å². The van der Waals surface area contributed by atoms with E-state index in [-0.39, 0.29) is 23.5 Å². The summed E-state index contributed by atoms with van der Waals surface area (Å²) in [6.45, 7) is 8.98. The van der Waals surface area contributed by atoms with Crippen molar-refractivity contribution in [1.82, 2.24) is 0 Å². The molecule has 0 heterocycles. The van der Waals surface area contributed by atoms with Crippen LogP contribution in [0.25, 0.3) is 0 Å². The molecule has 0 N–H and O–H groups in total. The molecular formula is C26H31O4S+. The Balaban J connectivity index is 1.84. The quantitative estimate of drug-likeness (QED) is 0.259. The molecule has 0 aliphatic heterocycles. The maximum absolute atomic E-state index is 5.83. The van der Waals surface area contributed by atoms with Crippen LogP contribution in [0.15, 0.2) is 93.5 Å². The fourth-order valence-electron chi connectivity index (χ4n) is 3.19. The van der Waals surface area contributed by atoms with Gasteiger partial charge in [-0.05, 0) is 88.4 Å². The van der Waals surface area contributed by atoms with Crippen LogP contribution in [-0.2, 0) is 20.4 Å². The summed E-state index contributed by atoms with van der Waals surface area (Å²) in [5.74, 6) is 1.60. The lowest BCUT2D eigenvalue weighted by Gasteiger charge is -2.15. The van der Waals surface area contributed by atoms with Crippen LogP contribution in [-0.4, -0.2) is 25.8 Å². The highest BCUT2D eigenvalue weighted by Gasteiger charge is 2.28. The molecule has 0 aliphatic carbocycles. The Labute approximate surface area is 188 Å². The van der Waals surface area contributed by atoms with E-state index in [0.29, 0.717) is 13.2 Å². The van der Waals surface area contributed by atoms with Gasteiger partial charge in [0.05, 0.1) is 10.9 Å². The minimum atomic E-state index is -0.269. The second kappa shape index (κ2) is 11.8. The van der Waals surface area contributed by atoms with Gasteiger partial charge in [-0.1, -0.05) is 18.2 Å². The van der Waals surface area contributed by atoms with Gasteiger partial charge in [-0.25, -0.2) is 0 Å². The van der Waals surface area contributed by atoms with Crippen molar-refractivity contribution >= 4 is 10.9 Å². The maximum atomic E-state index is 5.83. The fraction of sp³-hybridized carbons (Fsp3) is 0.308. The molecule has 0 spiro atoms. The highest BCUT2D eigenvalue weighted by Crippen LogP contribution is 2.33. The van der Waals surface area contributed by atoms with Gasteiger partial charge < -0.3 is 18.9 Å². The average Bonchev–Trinajstić information content (AvgIpc) is 2.77. The van der Waals surface area contributed by atoms with Crippen LogP contribution in [0.2, 0.25) is 0 Å². The summed E-state index contributed by atoms with van der Waals surface area (Å²) >= 11 is 0. The molecule has 0 aromatic heterocycles. The molecule has 3 aromatic rings. The zero-order valence-electron chi connectivity index (χ0n) is 18.6. The molecule has 2 atom stereocenters. The third kappa shape index (κ3) is 6.76. The molecule has 4 nitrogen and oxygen atoms in total. The minimum Gasteiger partial charge on any atom is -0.465 e. The van der Waals surface area contributed by atoms with E-state index < -0.39 is 0 Å². The Morgan fingerprint density at radius 3 is 1.35 bits per heavy atom. The monoisotopic (exact) mass is 439 g/mol. The van der Waals surface area contributed by atoms with Crippen molar-refractivity contribution in [3.8, 4) is 11.5 Å². The topological polar surface area (TPSA) is 36.9 Å². The van der Waals surface area contributed by atoms with Gasteiger partial charge in [0.1, 0.15) is 11.5 Å². The molecule has 0 aliphatic rings. The molecule has 0 saturated heterocycles. The van der Waals surface area contributed by atoms with E-state index in [1.165, 1.54) is 14.7 Å². The molecule has 31 heavy (non-hydrogen) atoms. The maximum Gasteiger partial charge on any atom is 0.196 e. The van der Waals surface area contributed by atoms with E-state index in [1.54, 1.807) is 0 Å². The third-order valence-electron chi connectivity index (χ3n) is 4.50. The van der Waals surface area contributed by atoms with E-state index in [9.17, 15) is 0 Å². The van der Waals surface area contributed by atoms with Crippen molar-refractivity contribution in [3.05, 3.63) is 78.9 Å². The zero-order valence-corrected chi connectivity index (χ0v) is 19.4. The van der Waals surface area contributed by atoms with Crippen molar-refractivity contribution in [3.63, 3.8) is 0 Å². The van der Waals surface area contributed by atoms with Gasteiger partial charge in [0.2, 0.25) is 0 Å². The van der Waals surface area contributed by atoms with Gasteiger partial charge in [0.15, 0.2) is 27.3 Å². The van der Waals surface area contributed by atoms with Crippen molar-refractivity contribution in [2.24, 2.45) is 0 Å². The van der Waals surface area contributed by atoms with Gasteiger partial charge in [0, 0.05) is 13.2 Å². The molecule has 0 amide bonds. The lowest BCUT2D eigenvalue weighted by Crippen LogP contribution is -2.16. The highest BCUT2D eigenvalue weighted by molar-refractivity contribution is 7.97. The Kier molecular flexibility index (Phi) is 8.83. The van der Waals surface area contributed by atoms with E-state index >= 15 is 0 Å². The van der Waals surface area contributed by atoms with Crippen molar-refractivity contribution in [2.45, 2.75) is 55.0 Å². The first kappa shape index (κ1) is 23.2. The Hall–Kier alpha value is -2.47. The summed E-state index contributed by atoms with van der Waals surface area (Å²) in [5.41, 5.74) is 0. The Bertz CT molecular complexity index is 839. The van der Waals surface area contributed by atoms with Gasteiger partial charge in [0.25, 0.3) is 0 Å². The van der Waals surface area contributed by atoms with E-state index in [2.05, 4.69) is 48.5 Å². The molecule has 0 fully saturated rings. The standard InChI is InChI=1S/C26H31O4S/c1-5-27-20(3)29-22-12-16-25(17-13-22)31(24-10-8-7-9-11-24)26-18-14-23(15-19-26)30-21(4)28-6-2/h7-21H,5-6H2,1-4H3/q+1. The summed E-state index contributed by atoms with van der Waals surface area (Å²) < 4.78 is 22.6. The number of rotatable bonds is 11. The summed E-state index contributed by atoms with van der Waals surface area (Å²) in [6.07, 6.45) is -0.537. The second-order valence-electron chi connectivity index (χ2n) is 6.84. The predicted molar refractivity (Wildman–Crippen MR) is 125 cm³/mol. The first-order valence-electron chi connectivity index (χ1n) is 10.7. The van der Waals surface area contributed by atoms with Crippen LogP contribution < -0.4 is 9.47 Å². The number of hydrogen-bond donors (Lipinski definition) is 0. The largest absolute Gasteiger partial charge is 0.465 e. The van der Waals surface area contributed by atoms with E-state index in [4.69, 9.17) is 18.9 Å². The van der Waals surface area contributed by atoms with E-state index in [1.807, 2.05) is 58.0 Å². The third-order valence-corrected chi connectivity index (χ3v) is 6.74. The number of benzene rings is 3. The van der Waals surface area contributed by atoms with Crippen LogP contribution in [0.3, 0.4) is 0 Å². The van der Waals surface area contributed by atoms with Gasteiger partial charge in [-0.3, -0.25) is 0 Å². The van der Waals surface area contributed by atoms with Gasteiger partial charge in [-0.2, -0.15) is 0 Å². The summed E-state index contributed by atoms with van der Waals surface area (Å²) in [6, 6.07) is 27.1. The molecule has 2 unspecified atom stereocenters. The lowest BCUT2D eigenvalue weighted by molar-refractivity contribution is -0.0616. The Morgan fingerprint density at radius 2 is 0.968 bits per heavy atom. The summed E-state index contributed by atoms with van der Waals surface area (Å²) in [5, 5.41) is 0. The molecule has 3 aromatic carbocycles. The van der Waals surface area contributed by atoms with Gasteiger partial charge >= 0.3 is 0 Å². The Morgan fingerprint density at radius 1 is 0.581 bits per heavy atom. The molecule has 0 radical (unpaired) electrons. The number of ether oxygens (including phenoxy) is 4. The zero-order chi connectivity index (χ0) is 22.1. The smallest absolute Gasteiger partial charge is 0.196 e. The molecule has 3 rings (SSSR count). The van der Waals surface area contributed by atoms with Gasteiger partial charge in [-0.15, -0.1) is 0 Å². The molecule has 5 heteroatoms. The predicted octanol–water partition coefficient (Wildman–Crippen LogP) is 6.30. The minimum absolute atomic E-state index is 0.237. The fourth-order valence-corrected chi connectivity index (χ4v) is 5.26. The van der Waals surface area contributed by atoms with Crippen molar-refractivity contribution in [1.29, 1.82) is 0 Å². The average molecular weight is 440 g/mol. The van der Waals surface area contributed by atoms with Crippen LogP contribution in [0.1, 0.15) is 27.7 Å². The van der Waals surface area contributed by atoms with E-state index in [0.717, 1.165) is 11.5 Å². The summed E-state index contributed by atoms with van der Waals surface area (Å²) in [4.78, 5) is 3.70. The molecular weight excluding hydrogens is 408 g/mol. The first-order valence-corrected chi connectivity index (χ1v) is 11.9. The van der Waals surface area contributed by atoms with Crippen LogP contribution in [0.5, 0.6) is 11.5 Å².